The van der Waals surface area contributed by atoms with Crippen molar-refractivity contribution < 1.29 is 4.42 Å². The van der Waals surface area contributed by atoms with Crippen molar-refractivity contribution in [3.05, 3.63) is 18.4 Å². The maximum Gasteiger partial charge on any atom is 0.1000 e. The molecule has 43 valence electrons. The Morgan fingerprint density at radius 2 is 2.75 bits per heavy atom. The van der Waals surface area contributed by atoms with E-state index in [4.69, 9.17) is 4.42 Å². The lowest BCUT2D eigenvalue weighted by Crippen LogP contribution is -2.07. The van der Waals surface area contributed by atoms with Gasteiger partial charge >= 0.3 is 0 Å². The Kier molecular flexibility index (Phi) is 1.91. The molecule has 0 aromatic carbocycles. The summed E-state index contributed by atoms with van der Waals surface area (Å²) < 4.78 is 5.08. The Hall–Kier alpha value is -0.503. The average molecular weight is 125 g/mol. The zero-order valence-corrected chi connectivity index (χ0v) is 6.39. The van der Waals surface area contributed by atoms with Crippen molar-refractivity contribution in [1.29, 1.82) is 0 Å². The van der Waals surface area contributed by atoms with E-state index in [0.717, 1.165) is 0 Å². The topological polar surface area (TPSA) is 13.1 Å². The highest BCUT2D eigenvalue weighted by Gasteiger charge is 1.90. The van der Waals surface area contributed by atoms with E-state index in [2.05, 4.69) is 13.0 Å². The normalized spacial score (nSPS) is 11.1. The monoisotopic (exact) mass is 125 g/mol. The molecule has 0 aliphatic rings. The summed E-state index contributed by atoms with van der Waals surface area (Å²) in [6, 6.07) is 6.10. The van der Waals surface area contributed by atoms with Gasteiger partial charge in [-0.05, 0) is 6.07 Å². The largest absolute Gasteiger partial charge is 0.475 e. The van der Waals surface area contributed by atoms with Crippen molar-refractivity contribution in [3.63, 3.8) is 0 Å². The van der Waals surface area contributed by atoms with Gasteiger partial charge in [-0.2, -0.15) is 0 Å². The van der Waals surface area contributed by atoms with E-state index < -0.39 is 0 Å². The fraction of sp³-hybridized carbons (Fsp3) is 0.333. The van der Waals surface area contributed by atoms with Gasteiger partial charge < -0.3 is 4.42 Å². The quantitative estimate of drug-likeness (QED) is 0.519. The molecule has 0 saturated heterocycles. The van der Waals surface area contributed by atoms with E-state index in [1.54, 1.807) is 6.26 Å². The lowest BCUT2D eigenvalue weighted by Gasteiger charge is -1.84. The second-order valence-electron chi connectivity index (χ2n) is 1.76. The summed E-state index contributed by atoms with van der Waals surface area (Å²) in [5.41, 5.74) is 0. The molecule has 0 amide bonds. The summed E-state index contributed by atoms with van der Waals surface area (Å²) in [4.78, 5) is 0. The van der Waals surface area contributed by atoms with Crippen molar-refractivity contribution >= 4 is 14.9 Å². The molecule has 0 atom stereocenters. The molecule has 1 aromatic heterocycles. The number of hydrogen-bond acceptors (Lipinski definition) is 1. The molecule has 2 heteroatoms. The highest BCUT2D eigenvalue weighted by atomic mass is 28.2. The van der Waals surface area contributed by atoms with Crippen LogP contribution in [0.15, 0.2) is 16.7 Å². The Morgan fingerprint density at radius 1 is 1.88 bits per heavy atom. The van der Waals surface area contributed by atoms with Crippen molar-refractivity contribution in [2.75, 3.05) is 0 Å². The van der Waals surface area contributed by atoms with Gasteiger partial charge in [0, 0.05) is 6.07 Å². The first-order chi connectivity index (χ1) is 3.93. The van der Waals surface area contributed by atoms with Crippen LogP contribution in [0.1, 0.15) is 6.92 Å². The van der Waals surface area contributed by atoms with Gasteiger partial charge in [-0.1, -0.05) is 13.0 Å². The summed E-state index contributed by atoms with van der Waals surface area (Å²) >= 11 is 0. The highest BCUT2D eigenvalue weighted by Crippen LogP contribution is 1.81. The second kappa shape index (κ2) is 2.72. The van der Waals surface area contributed by atoms with Crippen LogP contribution in [-0.4, -0.2) is 9.52 Å². The van der Waals surface area contributed by atoms with Crippen LogP contribution in [0.4, 0.5) is 0 Å². The van der Waals surface area contributed by atoms with Gasteiger partial charge in [-0.3, -0.25) is 0 Å². The molecular weight excluding hydrogens is 116 g/mol. The lowest BCUT2D eigenvalue weighted by molar-refractivity contribution is 0.600. The standard InChI is InChI=1S/C6H9OSi/c1-2-8-6-4-3-5-7-6/h4-5H,2,8H2,1H3. The maximum absolute atomic E-state index is 5.08. The molecule has 1 radical (unpaired) electrons. The third kappa shape index (κ3) is 1.23. The summed E-state index contributed by atoms with van der Waals surface area (Å²) in [5, 5.41) is 1.17. The molecule has 8 heavy (non-hydrogen) atoms. The van der Waals surface area contributed by atoms with Crippen molar-refractivity contribution in [2.45, 2.75) is 13.0 Å². The first kappa shape index (κ1) is 5.63. The SMILES string of the molecule is CC[SiH2]c1c[c]co1. The predicted molar refractivity (Wildman–Crippen MR) is 36.2 cm³/mol. The van der Waals surface area contributed by atoms with Gasteiger partial charge in [0.15, 0.2) is 0 Å². The molecule has 0 saturated carbocycles. The van der Waals surface area contributed by atoms with Crippen LogP contribution in [0, 0.1) is 6.07 Å². The minimum absolute atomic E-state index is 0.0567. The minimum atomic E-state index is -0.0567. The van der Waals surface area contributed by atoms with Crippen molar-refractivity contribution in [2.24, 2.45) is 0 Å². The smallest absolute Gasteiger partial charge is 0.1000 e. The molecule has 0 fully saturated rings. The van der Waals surface area contributed by atoms with Crippen LogP contribution in [0.5, 0.6) is 0 Å². The van der Waals surface area contributed by atoms with E-state index in [9.17, 15) is 0 Å². The minimum Gasteiger partial charge on any atom is -0.475 e. The first-order valence-electron chi connectivity index (χ1n) is 2.87. The molecule has 1 heterocycles. The predicted octanol–water partition coefficient (Wildman–Crippen LogP) is 0.312. The average Bonchev–Trinajstić information content (AvgIpc) is 2.19. The molecule has 1 aromatic rings. The molecule has 0 aliphatic carbocycles. The first-order valence-corrected chi connectivity index (χ1v) is 4.57. The Balaban J connectivity index is 2.50. The van der Waals surface area contributed by atoms with Gasteiger partial charge in [0.2, 0.25) is 0 Å². The van der Waals surface area contributed by atoms with E-state index >= 15 is 0 Å². The van der Waals surface area contributed by atoms with Crippen molar-refractivity contribution in [1.82, 2.24) is 0 Å². The third-order valence-electron chi connectivity index (χ3n) is 1.02. The van der Waals surface area contributed by atoms with Crippen LogP contribution >= 0.6 is 0 Å². The number of rotatable bonds is 2. The van der Waals surface area contributed by atoms with E-state index in [-0.39, 0.29) is 9.52 Å². The molecule has 1 rings (SSSR count). The van der Waals surface area contributed by atoms with Gasteiger partial charge in [0.05, 0.1) is 21.2 Å². The zero-order valence-electron chi connectivity index (χ0n) is 4.98. The molecule has 0 N–H and O–H groups in total. The zero-order chi connectivity index (χ0) is 5.82. The van der Waals surface area contributed by atoms with E-state index in [0.29, 0.717) is 0 Å². The Bertz CT molecular complexity index is 134. The Labute approximate surface area is 51.5 Å². The highest BCUT2D eigenvalue weighted by molar-refractivity contribution is 6.51. The summed E-state index contributed by atoms with van der Waals surface area (Å²) in [5.74, 6) is 0. The molecular formula is C6H9OSi. The maximum atomic E-state index is 5.08. The second-order valence-corrected chi connectivity index (χ2v) is 3.96. The van der Waals surface area contributed by atoms with Crippen LogP contribution < -0.4 is 5.38 Å². The van der Waals surface area contributed by atoms with E-state index in [1.807, 2.05) is 6.07 Å². The number of furan rings is 1. The fourth-order valence-corrected chi connectivity index (χ4v) is 1.60. The van der Waals surface area contributed by atoms with Gasteiger partial charge in [-0.15, -0.1) is 0 Å². The summed E-state index contributed by atoms with van der Waals surface area (Å²) in [6.45, 7) is 2.19. The Morgan fingerprint density at radius 3 is 3.25 bits per heavy atom. The van der Waals surface area contributed by atoms with Crippen LogP contribution in [0.25, 0.3) is 0 Å². The molecule has 0 bridgehead atoms. The van der Waals surface area contributed by atoms with Gasteiger partial charge in [0.25, 0.3) is 0 Å². The van der Waals surface area contributed by atoms with Gasteiger partial charge in [0.1, 0.15) is 0 Å². The summed E-state index contributed by atoms with van der Waals surface area (Å²) in [7, 11) is -0.0567. The third-order valence-corrected chi connectivity index (χ3v) is 2.38. The molecule has 0 unspecified atom stereocenters. The van der Waals surface area contributed by atoms with Crippen LogP contribution in [0.2, 0.25) is 6.04 Å². The summed E-state index contributed by atoms with van der Waals surface area (Å²) in [6.07, 6.45) is 1.62. The van der Waals surface area contributed by atoms with Gasteiger partial charge in [-0.25, -0.2) is 0 Å². The fourth-order valence-electron chi connectivity index (χ4n) is 0.648. The van der Waals surface area contributed by atoms with E-state index in [1.165, 1.54) is 11.4 Å². The van der Waals surface area contributed by atoms with Crippen LogP contribution in [0.3, 0.4) is 0 Å². The van der Waals surface area contributed by atoms with Crippen molar-refractivity contribution in [3.8, 4) is 0 Å². The molecule has 1 nitrogen and oxygen atoms in total. The molecule has 0 spiro atoms. The molecule has 0 aliphatic heterocycles. The number of hydrogen-bond donors (Lipinski definition) is 0. The van der Waals surface area contributed by atoms with Crippen LogP contribution in [-0.2, 0) is 0 Å². The lowest BCUT2D eigenvalue weighted by atomic mass is 10.7.